The first-order valence-electron chi connectivity index (χ1n) is 11.1. The zero-order valence-electron chi connectivity index (χ0n) is 18.6. The lowest BCUT2D eigenvalue weighted by Gasteiger charge is -2.40. The Morgan fingerprint density at radius 2 is 2.18 bits per heavy atom. The minimum Gasteiger partial charge on any atom is -0.508 e. The van der Waals surface area contributed by atoms with Crippen LogP contribution in [0.25, 0.3) is 11.8 Å². The predicted molar refractivity (Wildman–Crippen MR) is 122 cm³/mol. The summed E-state index contributed by atoms with van der Waals surface area (Å²) in [5.74, 6) is -0.985. The van der Waals surface area contributed by atoms with Crippen molar-refractivity contribution in [1.82, 2.24) is 14.5 Å². The van der Waals surface area contributed by atoms with Gasteiger partial charge in [-0.2, -0.15) is 4.98 Å². The van der Waals surface area contributed by atoms with Crippen LogP contribution in [0.1, 0.15) is 24.4 Å². The lowest BCUT2D eigenvalue weighted by molar-refractivity contribution is -0.126. The van der Waals surface area contributed by atoms with Crippen molar-refractivity contribution in [2.75, 3.05) is 37.7 Å². The van der Waals surface area contributed by atoms with Gasteiger partial charge in [0.2, 0.25) is 5.91 Å². The summed E-state index contributed by atoms with van der Waals surface area (Å²) in [6.07, 6.45) is 3.02. The number of rotatable bonds is 4. The van der Waals surface area contributed by atoms with E-state index in [1.807, 2.05) is 11.8 Å². The molecule has 2 N–H and O–H groups in total. The fourth-order valence-electron chi connectivity index (χ4n) is 5.09. The summed E-state index contributed by atoms with van der Waals surface area (Å²) in [4.78, 5) is 33.2. The second-order valence-corrected chi connectivity index (χ2v) is 8.71. The molecule has 3 heterocycles. The molecular weight excluding hydrogens is 443 g/mol. The van der Waals surface area contributed by atoms with E-state index in [2.05, 4.69) is 11.6 Å². The topological polar surface area (TPSA) is 108 Å². The third-order valence-electron chi connectivity index (χ3n) is 6.73. The molecule has 1 unspecified atom stereocenters. The Morgan fingerprint density at radius 1 is 1.38 bits per heavy atom. The van der Waals surface area contributed by atoms with Gasteiger partial charge in [-0.1, -0.05) is 18.7 Å². The van der Waals surface area contributed by atoms with Crippen molar-refractivity contribution >= 4 is 23.6 Å². The Balaban J connectivity index is 1.70. The van der Waals surface area contributed by atoms with E-state index >= 15 is 0 Å². The minimum atomic E-state index is -0.761. The molecule has 0 saturated carbocycles. The number of benzene rings is 1. The number of anilines is 1. The third kappa shape index (κ3) is 3.28. The van der Waals surface area contributed by atoms with E-state index in [1.165, 1.54) is 28.8 Å². The van der Waals surface area contributed by atoms with Crippen LogP contribution < -0.4 is 21.2 Å². The number of phenols is 1. The Bertz CT molecular complexity index is 1350. The van der Waals surface area contributed by atoms with Crippen molar-refractivity contribution in [3.8, 4) is 5.75 Å². The summed E-state index contributed by atoms with van der Waals surface area (Å²) in [5.41, 5.74) is -0.493. The van der Waals surface area contributed by atoms with Gasteiger partial charge < -0.3 is 24.7 Å². The summed E-state index contributed by atoms with van der Waals surface area (Å²) >= 11 is 0. The molecule has 1 saturated heterocycles. The first kappa shape index (κ1) is 22.1. The van der Waals surface area contributed by atoms with Crippen LogP contribution in [-0.2, 0) is 9.53 Å². The highest BCUT2D eigenvalue weighted by atomic mass is 19.1. The summed E-state index contributed by atoms with van der Waals surface area (Å²) in [6, 6.07) is 3.29. The van der Waals surface area contributed by atoms with Crippen LogP contribution in [0.4, 0.5) is 10.2 Å². The molecule has 0 radical (unpaired) electrons. The maximum absolute atomic E-state index is 14.8. The van der Waals surface area contributed by atoms with Crippen molar-refractivity contribution < 1.29 is 24.1 Å². The molecule has 1 aliphatic carbocycles. The zero-order chi connectivity index (χ0) is 24.1. The van der Waals surface area contributed by atoms with Gasteiger partial charge in [0.05, 0.1) is 23.9 Å². The Morgan fingerprint density at radius 3 is 2.85 bits per heavy atom. The Kier molecular flexibility index (Phi) is 5.40. The van der Waals surface area contributed by atoms with Crippen molar-refractivity contribution in [3.05, 3.63) is 63.3 Å². The smallest absolute Gasteiger partial charge is 0.350 e. The molecule has 0 bridgehead atoms. The number of hydrogen-bond donors (Lipinski definition) is 2. The van der Waals surface area contributed by atoms with Crippen LogP contribution in [0.5, 0.6) is 5.75 Å². The standard InChI is InChI=1S/C24H25FN4O5/c1-3-19(32)27-7-8-28(13(2)10-27)23-16-9-15(20-17(25)5-4-6-18(20)31)22-21(16)29(24(33)26-23)14(11-30)12-34-22/h3-6,9,13-15,30-31H,1,7-8,10-12H2,2H3/t13-,14+,15?/m0/s1. The number of hydrogen-bond acceptors (Lipinski definition) is 7. The molecule has 1 aromatic heterocycles. The molecule has 0 spiro atoms. The van der Waals surface area contributed by atoms with Crippen LogP contribution in [0.3, 0.4) is 0 Å². The van der Waals surface area contributed by atoms with Gasteiger partial charge in [0.15, 0.2) is 0 Å². The average molecular weight is 468 g/mol. The van der Waals surface area contributed by atoms with Gasteiger partial charge in [0.1, 0.15) is 29.8 Å². The van der Waals surface area contributed by atoms with Gasteiger partial charge in [-0.15, -0.1) is 0 Å². The number of aliphatic hydroxyl groups excluding tert-OH is 1. The van der Waals surface area contributed by atoms with Gasteiger partial charge >= 0.3 is 5.69 Å². The van der Waals surface area contributed by atoms with Crippen LogP contribution >= 0.6 is 0 Å². The van der Waals surface area contributed by atoms with E-state index < -0.39 is 23.5 Å². The van der Waals surface area contributed by atoms with E-state index in [-0.39, 0.29) is 36.5 Å². The van der Waals surface area contributed by atoms with E-state index in [0.29, 0.717) is 41.8 Å². The number of aliphatic hydroxyl groups is 1. The van der Waals surface area contributed by atoms with Gasteiger partial charge in [-0.25, -0.2) is 9.18 Å². The lowest BCUT2D eigenvalue weighted by Crippen LogP contribution is -2.58. The second-order valence-electron chi connectivity index (χ2n) is 8.71. The highest BCUT2D eigenvalue weighted by Gasteiger charge is 2.37. The quantitative estimate of drug-likeness (QED) is 0.586. The predicted octanol–water partition coefficient (Wildman–Crippen LogP) is -0.439. The van der Waals surface area contributed by atoms with Crippen LogP contribution in [0, 0.1) is 5.82 Å². The molecule has 1 fully saturated rings. The zero-order valence-corrected chi connectivity index (χ0v) is 18.6. The fraction of sp³-hybridized carbons (Fsp3) is 0.375. The second kappa shape index (κ2) is 8.28. The Hall–Kier alpha value is -3.66. The van der Waals surface area contributed by atoms with E-state index in [9.17, 15) is 24.2 Å². The number of ether oxygens (including phenoxy) is 1. The first-order chi connectivity index (χ1) is 16.3. The van der Waals surface area contributed by atoms with Crippen LogP contribution in [0.15, 0.2) is 35.6 Å². The minimum absolute atomic E-state index is 0.0253. The molecule has 3 atom stereocenters. The summed E-state index contributed by atoms with van der Waals surface area (Å²) in [6.45, 7) is 6.47. The van der Waals surface area contributed by atoms with E-state index in [1.54, 1.807) is 11.0 Å². The van der Waals surface area contributed by atoms with Gasteiger partial charge in [-0.3, -0.25) is 9.36 Å². The normalized spacial score (nSPS) is 23.3. The van der Waals surface area contributed by atoms with Crippen molar-refractivity contribution in [3.63, 3.8) is 0 Å². The third-order valence-corrected chi connectivity index (χ3v) is 6.73. The van der Waals surface area contributed by atoms with Crippen molar-refractivity contribution in [1.29, 1.82) is 0 Å². The Labute approximate surface area is 194 Å². The van der Waals surface area contributed by atoms with Crippen molar-refractivity contribution in [2.24, 2.45) is 0 Å². The van der Waals surface area contributed by atoms with Crippen LogP contribution in [-0.4, -0.2) is 69.5 Å². The molecule has 2 aliphatic heterocycles. The molecule has 2 aromatic rings. The molecule has 3 aliphatic rings. The molecule has 9 nitrogen and oxygen atoms in total. The lowest BCUT2D eigenvalue weighted by atomic mass is 9.97. The largest absolute Gasteiger partial charge is 0.508 e. The molecule has 1 amide bonds. The van der Waals surface area contributed by atoms with E-state index in [4.69, 9.17) is 4.74 Å². The number of nitrogens with zero attached hydrogens (tertiary/aromatic N) is 4. The number of piperazine rings is 1. The van der Waals surface area contributed by atoms with Gasteiger partial charge in [0.25, 0.3) is 0 Å². The fourth-order valence-corrected chi connectivity index (χ4v) is 5.09. The molecule has 10 heteroatoms. The SMILES string of the molecule is C=CC(=O)N1CCN(c2nc(=O)n3c4c2=CC(c2c(O)cccc2F)C=4OC[C@H]3CO)[C@@H](C)C1. The average Bonchev–Trinajstić information content (AvgIpc) is 3.20. The highest BCUT2D eigenvalue weighted by Crippen LogP contribution is 2.38. The number of amides is 1. The number of aromatic nitrogens is 2. The van der Waals surface area contributed by atoms with Gasteiger partial charge in [-0.05, 0) is 25.1 Å². The number of aromatic hydroxyl groups is 1. The number of carbonyl (C=O) groups excluding carboxylic acids is 1. The molecule has 34 heavy (non-hydrogen) atoms. The number of phenolic OH excluding ortho intramolecular Hbond substituents is 1. The van der Waals surface area contributed by atoms with Gasteiger partial charge in [0, 0.05) is 36.5 Å². The monoisotopic (exact) mass is 468 g/mol. The number of carbonyl (C=O) groups is 1. The highest BCUT2D eigenvalue weighted by molar-refractivity contribution is 5.87. The molecule has 5 rings (SSSR count). The van der Waals surface area contributed by atoms with Crippen LogP contribution in [0.2, 0.25) is 0 Å². The molecular formula is C24H25FN4O5. The maximum Gasteiger partial charge on any atom is 0.350 e. The molecule has 178 valence electrons. The number of halogens is 1. The van der Waals surface area contributed by atoms with Crippen molar-refractivity contribution in [2.45, 2.75) is 24.9 Å². The van der Waals surface area contributed by atoms with E-state index in [0.717, 1.165) is 0 Å². The summed E-state index contributed by atoms with van der Waals surface area (Å²) in [7, 11) is 0. The summed E-state index contributed by atoms with van der Waals surface area (Å²) < 4.78 is 22.2. The summed E-state index contributed by atoms with van der Waals surface area (Å²) in [5, 5.41) is 21.3. The maximum atomic E-state index is 14.8. The first-order valence-corrected chi connectivity index (χ1v) is 11.1. The molecule has 1 aromatic carbocycles.